The van der Waals surface area contributed by atoms with E-state index in [4.69, 9.17) is 4.43 Å². The maximum absolute atomic E-state index is 11.0. The number of aldehydes is 1. The molecule has 0 aliphatic heterocycles. The zero-order valence-electron chi connectivity index (χ0n) is 14.7. The summed E-state index contributed by atoms with van der Waals surface area (Å²) in [4.78, 5) is 11.0. The first-order valence-corrected chi connectivity index (χ1v) is 10.6. The minimum Gasteiger partial charge on any atom is -0.407 e. The van der Waals surface area contributed by atoms with Crippen molar-refractivity contribution in [2.24, 2.45) is 11.8 Å². The summed E-state index contributed by atoms with van der Waals surface area (Å²) in [5.41, 5.74) is 0. The van der Waals surface area contributed by atoms with Gasteiger partial charge in [0, 0.05) is 12.5 Å². The maximum atomic E-state index is 11.0. The van der Waals surface area contributed by atoms with E-state index in [0.717, 1.165) is 12.7 Å². The molecule has 2 nitrogen and oxygen atoms in total. The standard InChI is InChI=1S/C21H26O2Si/c1-21(2,3)24(19-10-6-4-7-11-19,20-12-8-5-9-13-20)23-16-18-14-17(18)15-22/h4-13,15,17-18H,14,16H2,1-3H3/t17-,18?/m1/s1. The number of rotatable bonds is 6. The van der Waals surface area contributed by atoms with Crippen molar-refractivity contribution in [3.8, 4) is 0 Å². The van der Waals surface area contributed by atoms with Crippen LogP contribution in [0.25, 0.3) is 0 Å². The van der Waals surface area contributed by atoms with Gasteiger partial charge in [-0.1, -0.05) is 81.4 Å². The lowest BCUT2D eigenvalue weighted by molar-refractivity contribution is -0.109. The van der Waals surface area contributed by atoms with Gasteiger partial charge in [0.25, 0.3) is 8.32 Å². The van der Waals surface area contributed by atoms with Gasteiger partial charge in [-0.15, -0.1) is 0 Å². The molecule has 3 heteroatoms. The molecule has 3 rings (SSSR count). The van der Waals surface area contributed by atoms with E-state index in [0.29, 0.717) is 12.5 Å². The van der Waals surface area contributed by atoms with Crippen LogP contribution >= 0.6 is 0 Å². The predicted octanol–water partition coefficient (Wildman–Crippen LogP) is 3.40. The van der Waals surface area contributed by atoms with E-state index >= 15 is 0 Å². The summed E-state index contributed by atoms with van der Waals surface area (Å²) in [5.74, 6) is 0.590. The van der Waals surface area contributed by atoms with Crippen LogP contribution in [0, 0.1) is 11.8 Å². The summed E-state index contributed by atoms with van der Waals surface area (Å²) in [7, 11) is -2.43. The Hall–Kier alpha value is -1.71. The molecule has 0 saturated heterocycles. The summed E-state index contributed by atoms with van der Waals surface area (Å²) < 4.78 is 6.80. The number of hydrogen-bond acceptors (Lipinski definition) is 2. The molecular weight excluding hydrogens is 312 g/mol. The molecule has 0 N–H and O–H groups in total. The molecular formula is C21H26O2Si. The fourth-order valence-corrected chi connectivity index (χ4v) is 8.24. The molecule has 2 atom stereocenters. The van der Waals surface area contributed by atoms with Crippen molar-refractivity contribution in [3.63, 3.8) is 0 Å². The largest absolute Gasteiger partial charge is 0.407 e. The number of carbonyl (C=O) groups excluding carboxylic acids is 1. The quantitative estimate of drug-likeness (QED) is 0.596. The minimum absolute atomic E-state index is 0.00126. The van der Waals surface area contributed by atoms with Crippen molar-refractivity contribution in [2.45, 2.75) is 32.2 Å². The summed E-state index contributed by atoms with van der Waals surface area (Å²) in [5, 5.41) is 2.60. The van der Waals surface area contributed by atoms with Gasteiger partial charge in [-0.05, 0) is 27.8 Å². The molecule has 0 spiro atoms. The molecule has 0 heterocycles. The second-order valence-corrected chi connectivity index (χ2v) is 12.1. The molecule has 1 aliphatic carbocycles. The van der Waals surface area contributed by atoms with E-state index in [9.17, 15) is 4.79 Å². The van der Waals surface area contributed by atoms with Gasteiger partial charge in [0.15, 0.2) is 0 Å². The average Bonchev–Trinajstić information content (AvgIpc) is 3.35. The van der Waals surface area contributed by atoms with E-state index in [-0.39, 0.29) is 11.0 Å². The van der Waals surface area contributed by atoms with Crippen LogP contribution in [-0.4, -0.2) is 21.2 Å². The normalized spacial score (nSPS) is 20.6. The van der Waals surface area contributed by atoms with Crippen molar-refractivity contribution >= 4 is 25.0 Å². The zero-order valence-corrected chi connectivity index (χ0v) is 15.7. The topological polar surface area (TPSA) is 26.3 Å². The first-order chi connectivity index (χ1) is 11.5. The van der Waals surface area contributed by atoms with Gasteiger partial charge in [0.1, 0.15) is 6.29 Å². The van der Waals surface area contributed by atoms with Crippen LogP contribution in [0.5, 0.6) is 0 Å². The monoisotopic (exact) mass is 338 g/mol. The third-order valence-corrected chi connectivity index (χ3v) is 10.1. The number of hydrogen-bond donors (Lipinski definition) is 0. The van der Waals surface area contributed by atoms with Gasteiger partial charge in [-0.2, -0.15) is 0 Å². The highest BCUT2D eigenvalue weighted by Crippen LogP contribution is 2.41. The zero-order chi connectivity index (χ0) is 17.2. The van der Waals surface area contributed by atoms with Crippen LogP contribution in [0.2, 0.25) is 5.04 Å². The summed E-state index contributed by atoms with van der Waals surface area (Å²) >= 11 is 0. The highest BCUT2D eigenvalue weighted by molar-refractivity contribution is 6.99. The third kappa shape index (κ3) is 3.11. The van der Waals surface area contributed by atoms with Crippen LogP contribution in [-0.2, 0) is 9.22 Å². The molecule has 2 aromatic rings. The summed E-state index contributed by atoms with van der Waals surface area (Å²) in [6, 6.07) is 21.3. The Morgan fingerprint density at radius 2 is 1.50 bits per heavy atom. The second-order valence-electron chi connectivity index (χ2n) is 7.77. The molecule has 2 aromatic carbocycles. The van der Waals surface area contributed by atoms with Gasteiger partial charge in [-0.25, -0.2) is 0 Å². The van der Waals surface area contributed by atoms with Gasteiger partial charge in [-0.3, -0.25) is 0 Å². The first-order valence-electron chi connectivity index (χ1n) is 8.69. The molecule has 126 valence electrons. The van der Waals surface area contributed by atoms with Crippen molar-refractivity contribution < 1.29 is 9.22 Å². The Bertz CT molecular complexity index is 636. The molecule has 0 radical (unpaired) electrons. The lowest BCUT2D eigenvalue weighted by Crippen LogP contribution is -2.66. The molecule has 1 unspecified atom stereocenters. The van der Waals surface area contributed by atoms with E-state index in [2.05, 4.69) is 81.4 Å². The van der Waals surface area contributed by atoms with E-state index < -0.39 is 8.32 Å². The Morgan fingerprint density at radius 1 is 1.00 bits per heavy atom. The van der Waals surface area contributed by atoms with Gasteiger partial charge < -0.3 is 9.22 Å². The molecule has 1 aliphatic rings. The Morgan fingerprint density at radius 3 is 1.88 bits per heavy atom. The molecule has 0 bridgehead atoms. The smallest absolute Gasteiger partial charge is 0.261 e. The van der Waals surface area contributed by atoms with E-state index in [1.165, 1.54) is 10.4 Å². The van der Waals surface area contributed by atoms with Crippen molar-refractivity contribution in [1.82, 2.24) is 0 Å². The van der Waals surface area contributed by atoms with Crippen LogP contribution in [0.4, 0.5) is 0 Å². The van der Waals surface area contributed by atoms with Crippen LogP contribution in [0.3, 0.4) is 0 Å². The minimum atomic E-state index is -2.43. The predicted molar refractivity (Wildman–Crippen MR) is 101 cm³/mol. The number of benzene rings is 2. The Kier molecular flexibility index (Phi) is 4.75. The lowest BCUT2D eigenvalue weighted by atomic mass is 10.2. The van der Waals surface area contributed by atoms with Crippen LogP contribution in [0.15, 0.2) is 60.7 Å². The highest BCUT2D eigenvalue weighted by atomic mass is 28.4. The highest BCUT2D eigenvalue weighted by Gasteiger charge is 2.51. The summed E-state index contributed by atoms with van der Waals surface area (Å²) in [6.07, 6.45) is 2.06. The SMILES string of the molecule is CC(C)(C)[Si](OCC1C[C@@H]1C=O)(c1ccccc1)c1ccccc1. The molecule has 0 aromatic heterocycles. The molecule has 1 fully saturated rings. The lowest BCUT2D eigenvalue weighted by Gasteiger charge is -2.43. The fourth-order valence-electron chi connectivity index (χ4n) is 3.62. The molecule has 0 amide bonds. The first kappa shape index (κ1) is 17.1. The van der Waals surface area contributed by atoms with Crippen molar-refractivity contribution in [2.75, 3.05) is 6.61 Å². The van der Waals surface area contributed by atoms with Gasteiger partial charge >= 0.3 is 0 Å². The fraction of sp³-hybridized carbons (Fsp3) is 0.381. The van der Waals surface area contributed by atoms with E-state index in [1.54, 1.807) is 0 Å². The average molecular weight is 339 g/mol. The number of carbonyl (C=O) groups is 1. The molecule has 1 saturated carbocycles. The van der Waals surface area contributed by atoms with Crippen molar-refractivity contribution in [3.05, 3.63) is 60.7 Å². The van der Waals surface area contributed by atoms with Gasteiger partial charge in [0.2, 0.25) is 0 Å². The van der Waals surface area contributed by atoms with Crippen LogP contribution in [0.1, 0.15) is 27.2 Å². The third-order valence-electron chi connectivity index (χ3n) is 5.08. The van der Waals surface area contributed by atoms with Crippen molar-refractivity contribution in [1.29, 1.82) is 0 Å². The Labute approximate surface area is 146 Å². The Balaban J connectivity index is 2.05. The van der Waals surface area contributed by atoms with E-state index in [1.807, 2.05) is 0 Å². The second kappa shape index (κ2) is 6.65. The maximum Gasteiger partial charge on any atom is 0.261 e. The van der Waals surface area contributed by atoms with Gasteiger partial charge in [0.05, 0.1) is 0 Å². The van der Waals surface area contributed by atoms with Crippen LogP contribution < -0.4 is 10.4 Å². The summed E-state index contributed by atoms with van der Waals surface area (Å²) in [6.45, 7) is 7.52. The molecule has 24 heavy (non-hydrogen) atoms.